The Morgan fingerprint density at radius 3 is 2.83 bits per heavy atom. The topological polar surface area (TPSA) is 62.5 Å². The van der Waals surface area contributed by atoms with Gasteiger partial charge >= 0.3 is 0 Å². The summed E-state index contributed by atoms with van der Waals surface area (Å²) in [6.07, 6.45) is 1.80. The number of likely N-dealkylation sites (N-methyl/N-ethyl adjacent to an activating group) is 1. The molecule has 7 heteroatoms. The molecule has 102 valence electrons. The van der Waals surface area contributed by atoms with E-state index in [0.29, 0.717) is 5.13 Å². The average molecular weight is 291 g/mol. The van der Waals surface area contributed by atoms with E-state index < -0.39 is 0 Å². The van der Waals surface area contributed by atoms with Gasteiger partial charge < -0.3 is 10.6 Å². The first-order valence-electron chi connectivity index (χ1n) is 5.84. The maximum absolute atomic E-state index is 12.0. The summed E-state index contributed by atoms with van der Waals surface area (Å²) in [5, 5.41) is 0.589. The number of piperazine rings is 1. The van der Waals surface area contributed by atoms with E-state index in [1.54, 1.807) is 6.20 Å². The third-order valence-electron chi connectivity index (χ3n) is 3.19. The second-order valence-corrected chi connectivity index (χ2v) is 5.38. The van der Waals surface area contributed by atoms with Crippen molar-refractivity contribution in [3.05, 3.63) is 11.1 Å². The van der Waals surface area contributed by atoms with Crippen molar-refractivity contribution < 1.29 is 4.79 Å². The van der Waals surface area contributed by atoms with Crippen molar-refractivity contribution in [1.29, 1.82) is 0 Å². The number of hydrogen-bond acceptors (Lipinski definition) is 5. The van der Waals surface area contributed by atoms with Gasteiger partial charge in [-0.05, 0) is 13.8 Å². The van der Waals surface area contributed by atoms with Crippen LogP contribution in [0.15, 0.2) is 6.20 Å². The minimum Gasteiger partial charge on any atom is -0.375 e. The number of halogens is 1. The zero-order valence-corrected chi connectivity index (χ0v) is 12.3. The minimum absolute atomic E-state index is 0. The van der Waals surface area contributed by atoms with E-state index in [2.05, 4.69) is 9.88 Å². The molecule has 2 N–H and O–H groups in total. The van der Waals surface area contributed by atoms with Gasteiger partial charge in [0.2, 0.25) is 5.91 Å². The highest BCUT2D eigenvalue weighted by Gasteiger charge is 2.30. The second-order valence-electron chi connectivity index (χ2n) is 4.23. The number of hydrogen-bond donors (Lipinski definition) is 1. The summed E-state index contributed by atoms with van der Waals surface area (Å²) >= 11 is 1.49. The molecule has 1 amide bonds. The Morgan fingerprint density at radius 1 is 1.56 bits per heavy atom. The van der Waals surface area contributed by atoms with E-state index in [4.69, 9.17) is 5.73 Å². The summed E-state index contributed by atoms with van der Waals surface area (Å²) in [7, 11) is 0. The number of carbonyl (C=O) groups excluding carboxylic acids is 1. The van der Waals surface area contributed by atoms with Crippen molar-refractivity contribution in [2.45, 2.75) is 26.4 Å². The van der Waals surface area contributed by atoms with E-state index in [1.807, 2.05) is 18.7 Å². The van der Waals surface area contributed by atoms with Crippen molar-refractivity contribution in [3.63, 3.8) is 0 Å². The Kier molecular flexibility index (Phi) is 5.37. The molecule has 1 aliphatic rings. The fourth-order valence-corrected chi connectivity index (χ4v) is 2.81. The van der Waals surface area contributed by atoms with Gasteiger partial charge in [-0.2, -0.15) is 0 Å². The number of amides is 1. The number of carbonyl (C=O) groups is 1. The zero-order chi connectivity index (χ0) is 12.4. The molecule has 1 fully saturated rings. The molecular weight excluding hydrogens is 272 g/mol. The maximum Gasteiger partial charge on any atom is 0.239 e. The maximum atomic E-state index is 12.0. The van der Waals surface area contributed by atoms with Gasteiger partial charge in [-0.15, -0.1) is 23.7 Å². The number of anilines is 1. The van der Waals surface area contributed by atoms with Crippen LogP contribution in [0.25, 0.3) is 0 Å². The Morgan fingerprint density at radius 2 is 2.28 bits per heavy atom. The standard InChI is InChI=1S/C11H18N4OS.ClH/c1-3-14-4-5-15(8(2)10(14)16)7-9-6-13-11(12)17-9;/h6,8H,3-5,7H2,1-2H3,(H2,12,13);1H. The molecule has 1 aliphatic heterocycles. The Labute approximate surface area is 117 Å². The molecule has 0 aromatic carbocycles. The number of rotatable bonds is 3. The summed E-state index contributed by atoms with van der Waals surface area (Å²) in [6, 6.07) is -0.0491. The summed E-state index contributed by atoms with van der Waals surface area (Å²) < 4.78 is 0. The highest BCUT2D eigenvalue weighted by molar-refractivity contribution is 7.15. The van der Waals surface area contributed by atoms with Crippen LogP contribution in [0.5, 0.6) is 0 Å². The normalized spacial score (nSPS) is 20.9. The van der Waals surface area contributed by atoms with Crippen LogP contribution >= 0.6 is 23.7 Å². The molecule has 0 bridgehead atoms. The number of nitrogen functional groups attached to an aromatic ring is 1. The molecule has 2 rings (SSSR count). The molecule has 0 spiro atoms. The minimum atomic E-state index is -0.0491. The second kappa shape index (κ2) is 6.36. The Bertz CT molecular complexity index is 412. The number of aromatic nitrogens is 1. The van der Waals surface area contributed by atoms with Crippen LogP contribution in [0, 0.1) is 0 Å². The fraction of sp³-hybridized carbons (Fsp3) is 0.636. The molecule has 1 aromatic heterocycles. The predicted octanol–water partition coefficient (Wildman–Crippen LogP) is 1.20. The van der Waals surface area contributed by atoms with Crippen molar-refractivity contribution in [2.24, 2.45) is 0 Å². The monoisotopic (exact) mass is 290 g/mol. The van der Waals surface area contributed by atoms with E-state index in [-0.39, 0.29) is 24.4 Å². The molecule has 5 nitrogen and oxygen atoms in total. The van der Waals surface area contributed by atoms with Gasteiger partial charge in [0.05, 0.1) is 6.04 Å². The van der Waals surface area contributed by atoms with Crippen molar-refractivity contribution in [2.75, 3.05) is 25.4 Å². The molecule has 0 radical (unpaired) electrons. The first kappa shape index (κ1) is 15.2. The fourth-order valence-electron chi connectivity index (χ4n) is 2.10. The van der Waals surface area contributed by atoms with Gasteiger partial charge in [0.1, 0.15) is 0 Å². The lowest BCUT2D eigenvalue weighted by atomic mass is 10.1. The highest BCUT2D eigenvalue weighted by atomic mass is 35.5. The first-order valence-corrected chi connectivity index (χ1v) is 6.66. The van der Waals surface area contributed by atoms with Crippen molar-refractivity contribution in [1.82, 2.24) is 14.8 Å². The molecule has 0 saturated carbocycles. The smallest absolute Gasteiger partial charge is 0.239 e. The molecule has 1 atom stereocenters. The molecule has 1 aromatic rings. The van der Waals surface area contributed by atoms with Crippen molar-refractivity contribution >= 4 is 34.8 Å². The largest absolute Gasteiger partial charge is 0.375 e. The molecular formula is C11H19ClN4OS. The van der Waals surface area contributed by atoms with Gasteiger partial charge in [0.25, 0.3) is 0 Å². The Hall–Kier alpha value is -0.850. The predicted molar refractivity (Wildman–Crippen MR) is 75.9 cm³/mol. The van der Waals surface area contributed by atoms with Gasteiger partial charge in [0, 0.05) is 37.3 Å². The van der Waals surface area contributed by atoms with Gasteiger partial charge in [-0.25, -0.2) is 4.98 Å². The van der Waals surface area contributed by atoms with Crippen LogP contribution < -0.4 is 5.73 Å². The van der Waals surface area contributed by atoms with Crippen molar-refractivity contribution in [3.8, 4) is 0 Å². The lowest BCUT2D eigenvalue weighted by Crippen LogP contribution is -2.55. The van der Waals surface area contributed by atoms with Crippen LogP contribution in [0.4, 0.5) is 5.13 Å². The molecule has 1 unspecified atom stereocenters. The van der Waals surface area contributed by atoms with Gasteiger partial charge in [-0.1, -0.05) is 0 Å². The van der Waals surface area contributed by atoms with Crippen LogP contribution in [0.1, 0.15) is 18.7 Å². The summed E-state index contributed by atoms with van der Waals surface area (Å²) in [6.45, 7) is 7.27. The lowest BCUT2D eigenvalue weighted by Gasteiger charge is -2.38. The summed E-state index contributed by atoms with van der Waals surface area (Å²) in [5.74, 6) is 0.219. The van der Waals surface area contributed by atoms with Crippen LogP contribution in [0.3, 0.4) is 0 Å². The quantitative estimate of drug-likeness (QED) is 0.909. The number of thiazole rings is 1. The molecule has 18 heavy (non-hydrogen) atoms. The molecule has 0 aliphatic carbocycles. The van der Waals surface area contributed by atoms with Crippen LogP contribution in [-0.2, 0) is 11.3 Å². The molecule has 1 saturated heterocycles. The highest BCUT2D eigenvalue weighted by Crippen LogP contribution is 2.20. The average Bonchev–Trinajstić information content (AvgIpc) is 2.71. The lowest BCUT2D eigenvalue weighted by molar-refractivity contribution is -0.141. The summed E-state index contributed by atoms with van der Waals surface area (Å²) in [4.78, 5) is 21.2. The third-order valence-corrected chi connectivity index (χ3v) is 4.00. The van der Waals surface area contributed by atoms with Gasteiger partial charge in [0.15, 0.2) is 5.13 Å². The number of nitrogens with two attached hydrogens (primary N) is 1. The SMILES string of the molecule is CCN1CCN(Cc2cnc(N)s2)C(C)C1=O.Cl. The first-order chi connectivity index (χ1) is 8.11. The van der Waals surface area contributed by atoms with E-state index in [0.717, 1.165) is 31.1 Å². The molecule has 2 heterocycles. The van der Waals surface area contributed by atoms with Crippen LogP contribution in [0.2, 0.25) is 0 Å². The Balaban J connectivity index is 0.00000162. The zero-order valence-electron chi connectivity index (χ0n) is 10.6. The summed E-state index contributed by atoms with van der Waals surface area (Å²) in [5.41, 5.74) is 5.60. The van der Waals surface area contributed by atoms with E-state index >= 15 is 0 Å². The van der Waals surface area contributed by atoms with E-state index in [9.17, 15) is 4.79 Å². The third kappa shape index (κ3) is 3.13. The van der Waals surface area contributed by atoms with E-state index in [1.165, 1.54) is 11.3 Å². The van der Waals surface area contributed by atoms with Crippen LogP contribution in [-0.4, -0.2) is 46.4 Å². The number of nitrogens with zero attached hydrogens (tertiary/aromatic N) is 3. The van der Waals surface area contributed by atoms with Gasteiger partial charge in [-0.3, -0.25) is 9.69 Å².